The molecule has 140 valence electrons. The number of hydrogen-bond acceptors (Lipinski definition) is 3. The Morgan fingerprint density at radius 2 is 1.69 bits per heavy atom. The quantitative estimate of drug-likeness (QED) is 0.657. The number of rotatable bonds is 9. The van der Waals surface area contributed by atoms with Crippen molar-refractivity contribution in [2.75, 3.05) is 7.11 Å². The highest BCUT2D eigenvalue weighted by molar-refractivity contribution is 7.99. The number of benzene rings is 2. The summed E-state index contributed by atoms with van der Waals surface area (Å²) in [7, 11) is 1.66. The van der Waals surface area contributed by atoms with Gasteiger partial charge in [0.1, 0.15) is 5.75 Å². The fraction of sp³-hybridized carbons (Fsp3) is 0.409. The Hall–Kier alpha value is -1.94. The summed E-state index contributed by atoms with van der Waals surface area (Å²) in [6.07, 6.45) is 0.911. The molecule has 0 unspecified atom stereocenters. The zero-order valence-corrected chi connectivity index (χ0v) is 16.9. The fourth-order valence-corrected chi connectivity index (χ4v) is 3.60. The molecule has 1 amide bonds. The Balaban J connectivity index is 1.98. The van der Waals surface area contributed by atoms with Crippen molar-refractivity contribution in [1.82, 2.24) is 5.32 Å². The van der Waals surface area contributed by atoms with Crippen LogP contribution in [0.5, 0.6) is 5.75 Å². The van der Waals surface area contributed by atoms with E-state index in [2.05, 4.69) is 31.3 Å². The molecule has 0 saturated heterocycles. The zero-order chi connectivity index (χ0) is 18.9. The van der Waals surface area contributed by atoms with Gasteiger partial charge in [-0.3, -0.25) is 4.79 Å². The number of methoxy groups -OCH3 is 1. The van der Waals surface area contributed by atoms with Gasteiger partial charge < -0.3 is 10.1 Å². The molecule has 0 aliphatic rings. The number of amides is 1. The molecule has 2 rings (SSSR count). The number of hydrogen-bond donors (Lipinski definition) is 1. The summed E-state index contributed by atoms with van der Waals surface area (Å²) in [5.74, 6) is 2.25. The molecule has 4 heteroatoms. The van der Waals surface area contributed by atoms with E-state index in [0.717, 1.165) is 23.5 Å². The van der Waals surface area contributed by atoms with Gasteiger partial charge in [0.25, 0.3) is 0 Å². The van der Waals surface area contributed by atoms with Gasteiger partial charge in [0, 0.05) is 5.75 Å². The first kappa shape index (κ1) is 20.4. The maximum absolute atomic E-state index is 12.7. The van der Waals surface area contributed by atoms with Crippen molar-refractivity contribution in [3.8, 4) is 5.75 Å². The average Bonchev–Trinajstić information content (AvgIpc) is 2.66. The molecule has 2 aromatic carbocycles. The van der Waals surface area contributed by atoms with Gasteiger partial charge in [0.2, 0.25) is 5.91 Å². The third-order valence-electron chi connectivity index (χ3n) is 4.25. The topological polar surface area (TPSA) is 38.3 Å². The maximum Gasteiger partial charge on any atom is 0.233 e. The standard InChI is InChI=1S/C22H29NO2S/c1-16(2)14-21(19-10-12-20(25-4)13-11-19)23-22(24)17(3)26-15-18-8-6-5-7-9-18/h5-13,16-17,21H,14-15H2,1-4H3,(H,23,24)/t17-,21+/m0/s1. The van der Waals surface area contributed by atoms with E-state index >= 15 is 0 Å². The van der Waals surface area contributed by atoms with Gasteiger partial charge in [0.15, 0.2) is 0 Å². The van der Waals surface area contributed by atoms with E-state index in [0.29, 0.717) is 5.92 Å². The molecule has 2 atom stereocenters. The summed E-state index contributed by atoms with van der Waals surface area (Å²) < 4.78 is 5.23. The van der Waals surface area contributed by atoms with Crippen LogP contribution in [-0.4, -0.2) is 18.3 Å². The van der Waals surface area contributed by atoms with E-state index < -0.39 is 0 Å². The molecular formula is C22H29NO2S. The summed E-state index contributed by atoms with van der Waals surface area (Å²) in [5.41, 5.74) is 2.36. The molecule has 2 aromatic rings. The lowest BCUT2D eigenvalue weighted by atomic mass is 9.96. The number of carbonyl (C=O) groups is 1. The summed E-state index contributed by atoms with van der Waals surface area (Å²) in [5, 5.41) is 3.14. The van der Waals surface area contributed by atoms with E-state index in [-0.39, 0.29) is 17.2 Å². The van der Waals surface area contributed by atoms with E-state index in [1.807, 2.05) is 49.4 Å². The highest BCUT2D eigenvalue weighted by Gasteiger charge is 2.20. The third kappa shape index (κ3) is 6.41. The fourth-order valence-electron chi connectivity index (χ4n) is 2.75. The van der Waals surface area contributed by atoms with Crippen LogP contribution in [0.3, 0.4) is 0 Å². The first-order chi connectivity index (χ1) is 12.5. The minimum Gasteiger partial charge on any atom is -0.497 e. The second kappa shape index (κ2) is 10.3. The smallest absolute Gasteiger partial charge is 0.233 e. The van der Waals surface area contributed by atoms with Crippen LogP contribution in [0.2, 0.25) is 0 Å². The Labute approximate surface area is 161 Å². The molecule has 0 heterocycles. The molecule has 0 bridgehead atoms. The molecule has 26 heavy (non-hydrogen) atoms. The van der Waals surface area contributed by atoms with Crippen LogP contribution >= 0.6 is 11.8 Å². The largest absolute Gasteiger partial charge is 0.497 e. The van der Waals surface area contributed by atoms with Gasteiger partial charge in [-0.2, -0.15) is 0 Å². The number of thioether (sulfide) groups is 1. The molecule has 0 aliphatic heterocycles. The van der Waals surface area contributed by atoms with E-state index in [1.165, 1.54) is 5.56 Å². The lowest BCUT2D eigenvalue weighted by Crippen LogP contribution is -2.35. The number of ether oxygens (including phenoxy) is 1. The average molecular weight is 372 g/mol. The predicted molar refractivity (Wildman–Crippen MR) is 111 cm³/mol. The second-order valence-electron chi connectivity index (χ2n) is 6.90. The normalized spacial score (nSPS) is 13.3. The van der Waals surface area contributed by atoms with E-state index in [9.17, 15) is 4.79 Å². The van der Waals surface area contributed by atoms with Crippen molar-refractivity contribution in [1.29, 1.82) is 0 Å². The van der Waals surface area contributed by atoms with Crippen LogP contribution in [0.15, 0.2) is 54.6 Å². The van der Waals surface area contributed by atoms with E-state index in [1.54, 1.807) is 18.9 Å². The van der Waals surface area contributed by atoms with Crippen molar-refractivity contribution in [2.24, 2.45) is 5.92 Å². The minimum absolute atomic E-state index is 0.0215. The summed E-state index contributed by atoms with van der Waals surface area (Å²) in [6, 6.07) is 18.2. The second-order valence-corrected chi connectivity index (χ2v) is 8.23. The Kier molecular flexibility index (Phi) is 8.05. The number of carbonyl (C=O) groups excluding carboxylic acids is 1. The van der Waals surface area contributed by atoms with Crippen molar-refractivity contribution in [2.45, 2.75) is 44.2 Å². The van der Waals surface area contributed by atoms with Crippen molar-refractivity contribution < 1.29 is 9.53 Å². The van der Waals surface area contributed by atoms with Crippen LogP contribution < -0.4 is 10.1 Å². The van der Waals surface area contributed by atoms with Gasteiger partial charge in [-0.25, -0.2) is 0 Å². The van der Waals surface area contributed by atoms with Crippen LogP contribution in [0, 0.1) is 5.92 Å². The molecular weight excluding hydrogens is 342 g/mol. The molecule has 0 radical (unpaired) electrons. The van der Waals surface area contributed by atoms with Crippen molar-refractivity contribution in [3.05, 3.63) is 65.7 Å². The lowest BCUT2D eigenvalue weighted by Gasteiger charge is -2.23. The van der Waals surface area contributed by atoms with Crippen molar-refractivity contribution >= 4 is 17.7 Å². The van der Waals surface area contributed by atoms with E-state index in [4.69, 9.17) is 4.74 Å². The Morgan fingerprint density at radius 3 is 2.27 bits per heavy atom. The van der Waals surface area contributed by atoms with Gasteiger partial charge >= 0.3 is 0 Å². The van der Waals surface area contributed by atoms with Crippen LogP contribution in [-0.2, 0) is 10.5 Å². The SMILES string of the molecule is COc1ccc([C@@H](CC(C)C)NC(=O)[C@H](C)SCc2ccccc2)cc1. The molecule has 0 aromatic heterocycles. The van der Waals surface area contributed by atoms with Crippen LogP contribution in [0.4, 0.5) is 0 Å². The molecule has 0 fully saturated rings. The number of nitrogens with one attached hydrogen (secondary N) is 1. The molecule has 0 saturated carbocycles. The minimum atomic E-state index is -0.0943. The maximum atomic E-state index is 12.7. The molecule has 3 nitrogen and oxygen atoms in total. The first-order valence-electron chi connectivity index (χ1n) is 9.09. The van der Waals surface area contributed by atoms with Gasteiger partial charge in [-0.1, -0.05) is 56.3 Å². The molecule has 1 N–H and O–H groups in total. The van der Waals surface area contributed by atoms with Gasteiger partial charge in [0.05, 0.1) is 18.4 Å². The van der Waals surface area contributed by atoms with Gasteiger partial charge in [-0.05, 0) is 42.5 Å². The van der Waals surface area contributed by atoms with Crippen LogP contribution in [0.25, 0.3) is 0 Å². The third-order valence-corrected chi connectivity index (χ3v) is 5.47. The highest BCUT2D eigenvalue weighted by atomic mass is 32.2. The van der Waals surface area contributed by atoms with Gasteiger partial charge in [-0.15, -0.1) is 11.8 Å². The summed E-state index contributed by atoms with van der Waals surface area (Å²) in [6.45, 7) is 6.33. The molecule has 0 aliphatic carbocycles. The monoisotopic (exact) mass is 371 g/mol. The molecule has 0 spiro atoms. The van der Waals surface area contributed by atoms with Crippen LogP contribution in [0.1, 0.15) is 44.4 Å². The predicted octanol–water partition coefficient (Wildman–Crippen LogP) is 5.22. The lowest BCUT2D eigenvalue weighted by molar-refractivity contribution is -0.121. The Bertz CT molecular complexity index is 670. The summed E-state index contributed by atoms with van der Waals surface area (Å²) >= 11 is 1.67. The highest BCUT2D eigenvalue weighted by Crippen LogP contribution is 2.25. The summed E-state index contributed by atoms with van der Waals surface area (Å²) in [4.78, 5) is 12.7. The van der Waals surface area contributed by atoms with Crippen molar-refractivity contribution in [3.63, 3.8) is 0 Å². The first-order valence-corrected chi connectivity index (χ1v) is 10.1. The Morgan fingerprint density at radius 1 is 1.04 bits per heavy atom. The zero-order valence-electron chi connectivity index (χ0n) is 16.1.